The first-order chi connectivity index (χ1) is 11.5. The van der Waals surface area contributed by atoms with Gasteiger partial charge in [-0.2, -0.15) is 0 Å². The molecule has 1 unspecified atom stereocenters. The van der Waals surface area contributed by atoms with Crippen LogP contribution in [0.3, 0.4) is 0 Å². The Morgan fingerprint density at radius 3 is 2.46 bits per heavy atom. The summed E-state index contributed by atoms with van der Waals surface area (Å²) >= 11 is 0. The summed E-state index contributed by atoms with van der Waals surface area (Å²) in [4.78, 5) is 24.1. The molecule has 2 rings (SSSR count). The molecule has 2 amide bonds. The van der Waals surface area contributed by atoms with Crippen LogP contribution in [0.15, 0.2) is 48.5 Å². The second-order valence-electron chi connectivity index (χ2n) is 5.49. The first-order valence-corrected chi connectivity index (χ1v) is 7.91. The van der Waals surface area contributed by atoms with Gasteiger partial charge in [-0.1, -0.05) is 35.9 Å². The molecule has 0 saturated carbocycles. The van der Waals surface area contributed by atoms with Crippen molar-refractivity contribution in [3.8, 4) is 5.75 Å². The Kier molecular flexibility index (Phi) is 5.95. The summed E-state index contributed by atoms with van der Waals surface area (Å²) in [5.74, 6) is -0.673. The highest BCUT2D eigenvalue weighted by atomic mass is 16.5. The predicted molar refractivity (Wildman–Crippen MR) is 94.0 cm³/mol. The van der Waals surface area contributed by atoms with Crippen LogP contribution in [0.1, 0.15) is 31.0 Å². The van der Waals surface area contributed by atoms with Gasteiger partial charge in [0.1, 0.15) is 5.75 Å². The Morgan fingerprint density at radius 2 is 1.79 bits per heavy atom. The average Bonchev–Trinajstić information content (AvgIpc) is 2.57. The number of amides is 2. The first-order valence-electron chi connectivity index (χ1n) is 7.91. The molecule has 0 bridgehead atoms. The highest BCUT2D eigenvalue weighted by molar-refractivity contribution is 6.39. The average molecular weight is 326 g/mol. The molecule has 126 valence electrons. The lowest BCUT2D eigenvalue weighted by Crippen LogP contribution is -2.37. The molecule has 0 aliphatic carbocycles. The topological polar surface area (TPSA) is 67.4 Å². The number of hydrogen-bond donors (Lipinski definition) is 2. The Balaban J connectivity index is 2.06. The number of hydrogen-bond acceptors (Lipinski definition) is 3. The second kappa shape index (κ2) is 8.15. The summed E-state index contributed by atoms with van der Waals surface area (Å²) in [7, 11) is 0. The van der Waals surface area contributed by atoms with E-state index in [0.29, 0.717) is 18.0 Å². The molecule has 0 aliphatic rings. The summed E-state index contributed by atoms with van der Waals surface area (Å²) in [6, 6.07) is 14.3. The molecular formula is C19H22N2O3. The summed E-state index contributed by atoms with van der Waals surface area (Å²) < 4.78 is 5.60. The molecule has 0 aromatic heterocycles. The van der Waals surface area contributed by atoms with E-state index in [-0.39, 0.29) is 6.04 Å². The van der Waals surface area contributed by atoms with Crippen molar-refractivity contribution in [3.63, 3.8) is 0 Å². The fourth-order valence-electron chi connectivity index (χ4n) is 2.34. The standard InChI is InChI=1S/C19H22N2O3/c1-4-24-17-11-10-13(2)12-16(17)14(3)20-18(22)19(23)21-15-8-6-5-7-9-15/h5-12,14H,4H2,1-3H3,(H,20,22)(H,21,23). The van der Waals surface area contributed by atoms with Gasteiger partial charge in [0.25, 0.3) is 0 Å². The van der Waals surface area contributed by atoms with E-state index in [2.05, 4.69) is 10.6 Å². The minimum absolute atomic E-state index is 0.347. The van der Waals surface area contributed by atoms with Gasteiger partial charge < -0.3 is 15.4 Å². The lowest BCUT2D eigenvalue weighted by Gasteiger charge is -2.18. The van der Waals surface area contributed by atoms with Crippen LogP contribution in [0.5, 0.6) is 5.75 Å². The molecule has 5 heteroatoms. The Hall–Kier alpha value is -2.82. The third kappa shape index (κ3) is 4.59. The normalized spacial score (nSPS) is 11.5. The molecule has 5 nitrogen and oxygen atoms in total. The van der Waals surface area contributed by atoms with E-state index in [9.17, 15) is 9.59 Å². The molecule has 0 spiro atoms. The summed E-state index contributed by atoms with van der Waals surface area (Å²) in [5, 5.41) is 5.28. The van der Waals surface area contributed by atoms with Crippen molar-refractivity contribution in [2.75, 3.05) is 11.9 Å². The number of para-hydroxylation sites is 1. The minimum Gasteiger partial charge on any atom is -0.494 e. The van der Waals surface area contributed by atoms with Crippen molar-refractivity contribution in [2.45, 2.75) is 26.8 Å². The second-order valence-corrected chi connectivity index (χ2v) is 5.49. The highest BCUT2D eigenvalue weighted by Crippen LogP contribution is 2.26. The molecule has 2 N–H and O–H groups in total. The Bertz CT molecular complexity index is 714. The summed E-state index contributed by atoms with van der Waals surface area (Å²) in [6.07, 6.45) is 0. The molecule has 0 radical (unpaired) electrons. The summed E-state index contributed by atoms with van der Waals surface area (Å²) in [6.45, 7) is 6.23. The number of rotatable bonds is 5. The van der Waals surface area contributed by atoms with E-state index in [1.54, 1.807) is 24.3 Å². The SMILES string of the molecule is CCOc1ccc(C)cc1C(C)NC(=O)C(=O)Nc1ccccc1. The molecule has 1 atom stereocenters. The highest BCUT2D eigenvalue weighted by Gasteiger charge is 2.19. The largest absolute Gasteiger partial charge is 0.494 e. The van der Waals surface area contributed by atoms with E-state index in [0.717, 1.165) is 11.1 Å². The van der Waals surface area contributed by atoms with E-state index >= 15 is 0 Å². The van der Waals surface area contributed by atoms with Crippen LogP contribution in [0.2, 0.25) is 0 Å². The van der Waals surface area contributed by atoms with Crippen LogP contribution in [0.25, 0.3) is 0 Å². The zero-order valence-corrected chi connectivity index (χ0v) is 14.1. The molecule has 0 heterocycles. The van der Waals surface area contributed by atoms with Crippen molar-refractivity contribution >= 4 is 17.5 Å². The van der Waals surface area contributed by atoms with Crippen molar-refractivity contribution in [1.82, 2.24) is 5.32 Å². The van der Waals surface area contributed by atoms with Gasteiger partial charge in [0.05, 0.1) is 12.6 Å². The van der Waals surface area contributed by atoms with Crippen molar-refractivity contribution in [3.05, 3.63) is 59.7 Å². The smallest absolute Gasteiger partial charge is 0.313 e. The van der Waals surface area contributed by atoms with Crippen molar-refractivity contribution < 1.29 is 14.3 Å². The van der Waals surface area contributed by atoms with Gasteiger partial charge in [-0.25, -0.2) is 0 Å². The van der Waals surface area contributed by atoms with E-state index < -0.39 is 11.8 Å². The number of aryl methyl sites for hydroxylation is 1. The number of carbonyl (C=O) groups is 2. The van der Waals surface area contributed by atoms with E-state index in [1.165, 1.54) is 0 Å². The lowest BCUT2D eigenvalue weighted by molar-refractivity contribution is -0.136. The number of nitrogens with one attached hydrogen (secondary N) is 2. The van der Waals surface area contributed by atoms with Crippen LogP contribution in [0, 0.1) is 6.92 Å². The minimum atomic E-state index is -0.696. The van der Waals surface area contributed by atoms with Gasteiger partial charge in [-0.05, 0) is 39.0 Å². The molecule has 24 heavy (non-hydrogen) atoms. The quantitative estimate of drug-likeness (QED) is 0.829. The van der Waals surface area contributed by atoms with Gasteiger partial charge in [-0.3, -0.25) is 9.59 Å². The van der Waals surface area contributed by atoms with Crippen molar-refractivity contribution in [1.29, 1.82) is 0 Å². The Morgan fingerprint density at radius 1 is 1.08 bits per heavy atom. The van der Waals surface area contributed by atoms with Gasteiger partial charge in [0.15, 0.2) is 0 Å². The molecule has 0 fully saturated rings. The van der Waals surface area contributed by atoms with Crippen LogP contribution in [-0.2, 0) is 9.59 Å². The number of anilines is 1. The van der Waals surface area contributed by atoms with Gasteiger partial charge in [-0.15, -0.1) is 0 Å². The molecular weight excluding hydrogens is 304 g/mol. The number of benzene rings is 2. The van der Waals surface area contributed by atoms with Crippen LogP contribution in [-0.4, -0.2) is 18.4 Å². The first kappa shape index (κ1) is 17.5. The number of carbonyl (C=O) groups excluding carboxylic acids is 2. The van der Waals surface area contributed by atoms with E-state index in [4.69, 9.17) is 4.74 Å². The number of ether oxygens (including phenoxy) is 1. The van der Waals surface area contributed by atoms with Crippen LogP contribution < -0.4 is 15.4 Å². The molecule has 2 aromatic rings. The zero-order valence-electron chi connectivity index (χ0n) is 14.1. The summed E-state index contributed by atoms with van der Waals surface area (Å²) in [5.41, 5.74) is 2.48. The lowest BCUT2D eigenvalue weighted by atomic mass is 10.0. The molecule has 0 aliphatic heterocycles. The van der Waals surface area contributed by atoms with Crippen LogP contribution in [0.4, 0.5) is 5.69 Å². The maximum atomic E-state index is 12.1. The molecule has 0 saturated heterocycles. The monoisotopic (exact) mass is 326 g/mol. The maximum absolute atomic E-state index is 12.1. The molecule has 2 aromatic carbocycles. The van der Waals surface area contributed by atoms with Crippen LogP contribution >= 0.6 is 0 Å². The van der Waals surface area contributed by atoms with Gasteiger partial charge in [0, 0.05) is 11.3 Å². The van der Waals surface area contributed by atoms with E-state index in [1.807, 2.05) is 45.0 Å². The van der Waals surface area contributed by atoms with Gasteiger partial charge >= 0.3 is 11.8 Å². The van der Waals surface area contributed by atoms with Crippen molar-refractivity contribution in [2.24, 2.45) is 0 Å². The maximum Gasteiger partial charge on any atom is 0.313 e. The third-order valence-corrected chi connectivity index (χ3v) is 3.52. The fraction of sp³-hybridized carbons (Fsp3) is 0.263. The van der Waals surface area contributed by atoms with Gasteiger partial charge in [0.2, 0.25) is 0 Å². The Labute approximate surface area is 142 Å². The third-order valence-electron chi connectivity index (χ3n) is 3.52. The zero-order chi connectivity index (χ0) is 17.5. The predicted octanol–water partition coefficient (Wildman–Crippen LogP) is 3.21. The fourth-order valence-corrected chi connectivity index (χ4v) is 2.34.